The third-order valence-electron chi connectivity index (χ3n) is 6.25. The molecular weight excluding hydrogens is 480 g/mol. The summed E-state index contributed by atoms with van der Waals surface area (Å²) >= 11 is 0. The average Bonchev–Trinajstić information content (AvgIpc) is 3.14. The third-order valence-corrected chi connectivity index (χ3v) is 6.25. The zero-order chi connectivity index (χ0) is 26.7. The maximum atomic E-state index is 12.1. The topological polar surface area (TPSA) is 192 Å². The molecule has 0 spiro atoms. The van der Waals surface area contributed by atoms with E-state index in [1.165, 1.54) is 32.1 Å². The van der Waals surface area contributed by atoms with Crippen LogP contribution >= 0.6 is 0 Å². The Hall–Kier alpha value is -1.96. The molecular formula is C24H40O12. The highest BCUT2D eigenvalue weighted by molar-refractivity contribution is 5.89. The first kappa shape index (κ1) is 30.3. The lowest BCUT2D eigenvalue weighted by molar-refractivity contribution is -0.291. The maximum absolute atomic E-state index is 12.1. The minimum absolute atomic E-state index is 0.181. The Balaban J connectivity index is 1.75. The van der Waals surface area contributed by atoms with Crippen LogP contribution in [0.2, 0.25) is 0 Å². The predicted molar refractivity (Wildman–Crippen MR) is 123 cm³/mol. The molecule has 36 heavy (non-hydrogen) atoms. The van der Waals surface area contributed by atoms with Crippen LogP contribution in [0.1, 0.15) is 71.1 Å². The zero-order valence-corrected chi connectivity index (χ0v) is 20.7. The molecule has 12 nitrogen and oxygen atoms in total. The number of rotatable bonds is 16. The van der Waals surface area contributed by atoms with Gasteiger partial charge in [-0.15, -0.1) is 0 Å². The molecule has 2 heterocycles. The van der Waals surface area contributed by atoms with E-state index in [1.54, 1.807) is 0 Å². The fourth-order valence-corrected chi connectivity index (χ4v) is 4.03. The van der Waals surface area contributed by atoms with Gasteiger partial charge in [0, 0.05) is 6.42 Å². The van der Waals surface area contributed by atoms with Crippen molar-refractivity contribution in [2.75, 3.05) is 13.2 Å². The van der Waals surface area contributed by atoms with Crippen LogP contribution in [-0.4, -0.2) is 98.7 Å². The van der Waals surface area contributed by atoms with Gasteiger partial charge in [0.05, 0.1) is 6.61 Å². The van der Waals surface area contributed by atoms with Crippen LogP contribution in [-0.2, 0) is 28.5 Å². The lowest BCUT2D eigenvalue weighted by Gasteiger charge is -2.39. The number of hydrogen-bond acceptors (Lipinski definition) is 12. The summed E-state index contributed by atoms with van der Waals surface area (Å²) in [6.07, 6.45) is -1.34. The Bertz CT molecular complexity index is 724. The van der Waals surface area contributed by atoms with E-state index in [2.05, 4.69) is 6.92 Å². The van der Waals surface area contributed by atoms with Crippen LogP contribution in [0.4, 0.5) is 0 Å². The first-order chi connectivity index (χ1) is 17.2. The number of esters is 2. The highest BCUT2D eigenvalue weighted by Gasteiger charge is 2.48. The Labute approximate surface area is 210 Å². The van der Waals surface area contributed by atoms with Crippen LogP contribution in [0.3, 0.4) is 0 Å². The summed E-state index contributed by atoms with van der Waals surface area (Å²) in [6, 6.07) is 0. The normalized spacial score (nSPS) is 29.2. The summed E-state index contributed by atoms with van der Waals surface area (Å²) in [5.41, 5.74) is 0. The molecule has 0 amide bonds. The quantitative estimate of drug-likeness (QED) is 0.121. The van der Waals surface area contributed by atoms with Crippen LogP contribution in [0.5, 0.6) is 0 Å². The molecule has 0 aromatic rings. The number of unbranched alkanes of at least 4 members (excludes halogenated alkanes) is 8. The van der Waals surface area contributed by atoms with Crippen LogP contribution in [0, 0.1) is 0 Å². The van der Waals surface area contributed by atoms with Gasteiger partial charge in [-0.3, -0.25) is 4.79 Å². The molecule has 2 aliphatic rings. The summed E-state index contributed by atoms with van der Waals surface area (Å²) < 4.78 is 20.2. The van der Waals surface area contributed by atoms with Gasteiger partial charge in [-0.05, 0) is 6.42 Å². The van der Waals surface area contributed by atoms with E-state index >= 15 is 0 Å². The van der Waals surface area contributed by atoms with Crippen molar-refractivity contribution >= 4 is 11.9 Å². The van der Waals surface area contributed by atoms with Gasteiger partial charge < -0.3 is 49.6 Å². The number of hydrogen-bond donors (Lipinski definition) is 6. The molecule has 208 valence electrons. The molecule has 6 N–H and O–H groups in total. The first-order valence-electron chi connectivity index (χ1n) is 12.7. The van der Waals surface area contributed by atoms with Crippen molar-refractivity contribution in [3.05, 3.63) is 11.5 Å². The van der Waals surface area contributed by atoms with Crippen molar-refractivity contribution in [3.63, 3.8) is 0 Å². The largest absolute Gasteiger partial charge is 0.505 e. The molecule has 0 unspecified atom stereocenters. The molecule has 0 radical (unpaired) electrons. The zero-order valence-electron chi connectivity index (χ0n) is 20.7. The molecule has 0 aromatic heterocycles. The van der Waals surface area contributed by atoms with Crippen molar-refractivity contribution in [1.82, 2.24) is 0 Å². The lowest BCUT2D eigenvalue weighted by Crippen LogP contribution is -2.59. The molecule has 0 aliphatic carbocycles. The standard InChI is InChI=1S/C24H40O12/c1-2-3-4-5-6-7-8-9-10-11-16(27)33-13-14(26)21-20(31)22(23(32)35-21)36-24-19(30)18(29)17(28)15(12-25)34-24/h14-15,17-19,21,24-26,28-31H,2-13H2,1H3/t14-,15+,17+,18-,19+,21+,24-/m0/s1. The molecule has 7 atom stereocenters. The number of carbonyl (C=O) groups excluding carboxylic acids is 2. The Kier molecular flexibility index (Phi) is 12.9. The second-order valence-corrected chi connectivity index (χ2v) is 9.18. The van der Waals surface area contributed by atoms with Crippen molar-refractivity contribution in [3.8, 4) is 0 Å². The SMILES string of the molecule is CCCCCCCCCCCC(=O)OC[C@H](O)[C@H]1OC(=O)C(O[C@@H]2O[C@H](CO)[C@@H](O)[C@H](O)[C@H]2O)=C1O. The van der Waals surface area contributed by atoms with Gasteiger partial charge in [-0.2, -0.15) is 0 Å². The van der Waals surface area contributed by atoms with E-state index in [1.807, 2.05) is 0 Å². The van der Waals surface area contributed by atoms with E-state index < -0.39 is 79.6 Å². The fourth-order valence-electron chi connectivity index (χ4n) is 4.03. The van der Waals surface area contributed by atoms with E-state index in [-0.39, 0.29) is 6.42 Å². The van der Waals surface area contributed by atoms with Gasteiger partial charge in [-0.1, -0.05) is 58.3 Å². The Morgan fingerprint density at radius 1 is 0.972 bits per heavy atom. The molecule has 1 fully saturated rings. The molecule has 2 aliphatic heterocycles. The van der Waals surface area contributed by atoms with Gasteiger partial charge in [0.2, 0.25) is 12.0 Å². The lowest BCUT2D eigenvalue weighted by atomic mass is 9.99. The number of cyclic esters (lactones) is 1. The predicted octanol–water partition coefficient (Wildman–Crippen LogP) is 0.323. The Morgan fingerprint density at radius 2 is 1.58 bits per heavy atom. The summed E-state index contributed by atoms with van der Waals surface area (Å²) in [5.74, 6) is -3.32. The van der Waals surface area contributed by atoms with Crippen LogP contribution < -0.4 is 0 Å². The summed E-state index contributed by atoms with van der Waals surface area (Å²) in [6.45, 7) is 0.926. The molecule has 0 aromatic carbocycles. The molecule has 2 rings (SSSR count). The summed E-state index contributed by atoms with van der Waals surface area (Å²) in [4.78, 5) is 24.1. The van der Waals surface area contributed by atoms with Gasteiger partial charge >= 0.3 is 11.9 Å². The monoisotopic (exact) mass is 520 g/mol. The second kappa shape index (κ2) is 15.3. The van der Waals surface area contributed by atoms with Crippen molar-refractivity contribution in [1.29, 1.82) is 0 Å². The number of aliphatic hydroxyl groups is 6. The maximum Gasteiger partial charge on any atom is 0.378 e. The number of ether oxygens (including phenoxy) is 4. The van der Waals surface area contributed by atoms with E-state index in [4.69, 9.17) is 18.9 Å². The van der Waals surface area contributed by atoms with E-state index in [0.29, 0.717) is 6.42 Å². The molecule has 0 saturated carbocycles. The van der Waals surface area contributed by atoms with Gasteiger partial charge in [-0.25, -0.2) is 4.79 Å². The second-order valence-electron chi connectivity index (χ2n) is 9.18. The highest BCUT2D eigenvalue weighted by Crippen LogP contribution is 2.29. The summed E-state index contributed by atoms with van der Waals surface area (Å²) in [5, 5.41) is 59.5. The smallest absolute Gasteiger partial charge is 0.378 e. The molecule has 12 heteroatoms. The van der Waals surface area contributed by atoms with Crippen molar-refractivity contribution in [2.24, 2.45) is 0 Å². The van der Waals surface area contributed by atoms with Crippen molar-refractivity contribution in [2.45, 2.75) is 114 Å². The Morgan fingerprint density at radius 3 is 2.19 bits per heavy atom. The van der Waals surface area contributed by atoms with E-state index in [0.717, 1.165) is 19.3 Å². The van der Waals surface area contributed by atoms with E-state index in [9.17, 15) is 40.2 Å². The highest BCUT2D eigenvalue weighted by atomic mass is 16.7. The number of carbonyl (C=O) groups is 2. The van der Waals surface area contributed by atoms with Crippen molar-refractivity contribution < 1.29 is 59.2 Å². The van der Waals surface area contributed by atoms with Gasteiger partial charge in [0.25, 0.3) is 0 Å². The first-order valence-corrected chi connectivity index (χ1v) is 12.7. The third kappa shape index (κ3) is 8.56. The van der Waals surface area contributed by atoms with Gasteiger partial charge in [0.1, 0.15) is 37.1 Å². The van der Waals surface area contributed by atoms with Crippen LogP contribution in [0.25, 0.3) is 0 Å². The minimum atomic E-state index is -1.82. The minimum Gasteiger partial charge on any atom is -0.505 e. The number of aliphatic hydroxyl groups excluding tert-OH is 6. The molecule has 0 bridgehead atoms. The molecule has 1 saturated heterocycles. The van der Waals surface area contributed by atoms with Gasteiger partial charge in [0.15, 0.2) is 11.9 Å². The average molecular weight is 521 g/mol. The fraction of sp³-hybridized carbons (Fsp3) is 0.833. The summed E-state index contributed by atoms with van der Waals surface area (Å²) in [7, 11) is 0. The van der Waals surface area contributed by atoms with Crippen LogP contribution in [0.15, 0.2) is 11.5 Å².